The molecule has 0 saturated carbocycles. The van der Waals surface area contributed by atoms with Gasteiger partial charge in [-0.1, -0.05) is 152 Å². The van der Waals surface area contributed by atoms with Crippen LogP contribution in [0.5, 0.6) is 0 Å². The van der Waals surface area contributed by atoms with Crippen LogP contribution in [0, 0.1) is 23.7 Å². The van der Waals surface area contributed by atoms with Crippen molar-refractivity contribution in [3.63, 3.8) is 0 Å². The van der Waals surface area contributed by atoms with E-state index in [9.17, 15) is 39.0 Å². The fraction of sp³-hybridized carbons (Fsp3) is 0.531. The number of carboxylic acid groups (broad SMARTS) is 2. The van der Waals surface area contributed by atoms with E-state index in [1.807, 2.05) is 86.6 Å². The van der Waals surface area contributed by atoms with Crippen LogP contribution in [-0.4, -0.2) is 76.4 Å². The van der Waals surface area contributed by atoms with Crippen molar-refractivity contribution < 1.29 is 44.5 Å². The third kappa shape index (κ3) is 24.7. The van der Waals surface area contributed by atoms with Crippen molar-refractivity contribution in [3.05, 3.63) is 142 Å². The number of unbranched alkanes of at least 4 members (excludes halogenated alkanes) is 2. The minimum atomic E-state index is -1.04. The first-order chi connectivity index (χ1) is 35.9. The van der Waals surface area contributed by atoms with Gasteiger partial charge in [0.15, 0.2) is 0 Å². The Kier molecular flexibility index (Phi) is 29.9. The van der Waals surface area contributed by atoms with Gasteiger partial charge in [-0.2, -0.15) is 0 Å². The first kappa shape index (κ1) is 66.8. The van der Waals surface area contributed by atoms with Crippen molar-refractivity contribution in [1.82, 2.24) is 21.3 Å². The maximum absolute atomic E-state index is 12.8. The summed E-state index contributed by atoms with van der Waals surface area (Å²) in [7, 11) is 0. The van der Waals surface area contributed by atoms with E-state index in [0.717, 1.165) is 47.9 Å². The molecule has 0 fully saturated rings. The Morgan fingerprint density at radius 2 is 0.571 bits per heavy atom. The highest BCUT2D eigenvalue weighted by atomic mass is 16.4. The zero-order valence-corrected chi connectivity index (χ0v) is 48.3. The van der Waals surface area contributed by atoms with Crippen molar-refractivity contribution in [3.8, 4) is 0 Å². The molecule has 0 aliphatic heterocycles. The minimum Gasteiger partial charge on any atom is -0.480 e. The summed E-state index contributed by atoms with van der Waals surface area (Å²) in [5.41, 5.74) is 8.67. The first-order valence-electron chi connectivity index (χ1n) is 27.9. The molecule has 4 amide bonds. The fourth-order valence-electron chi connectivity index (χ4n) is 9.05. The molecule has 6 atom stereocenters. The number of benzene rings is 4. The molecule has 0 spiro atoms. The van der Waals surface area contributed by atoms with Crippen LogP contribution in [-0.2, 0) is 54.5 Å². The van der Waals surface area contributed by atoms with E-state index in [-0.39, 0.29) is 40.9 Å². The molecule has 0 aromatic heterocycles. The van der Waals surface area contributed by atoms with E-state index in [1.165, 1.54) is 22.3 Å². The second-order valence-corrected chi connectivity index (χ2v) is 22.6. The van der Waals surface area contributed by atoms with Crippen LogP contribution in [0.3, 0.4) is 0 Å². The third-order valence-corrected chi connectivity index (χ3v) is 13.7. The molecule has 4 aromatic carbocycles. The number of hydrogen-bond donors (Lipinski definition) is 6. The van der Waals surface area contributed by atoms with E-state index < -0.39 is 35.9 Å². The Morgan fingerprint density at radius 3 is 0.779 bits per heavy atom. The Labute approximate surface area is 460 Å². The van der Waals surface area contributed by atoms with E-state index >= 15 is 0 Å². The SMILES string of the molecule is CC(C)Cc1ccc(C(C)C(=O)NCCCC[C@H](NC(=O)C(C)c2ccc(CC(C)C)cc2)C(=O)O)cc1.CC(C)Cc1ccc(C(C)C(=O)NCCCC[C@H](NC(=O)C(C)c2ccc(CC(C)C)cc2)C(=O)O)cc1.O. The van der Waals surface area contributed by atoms with Gasteiger partial charge in [0, 0.05) is 13.1 Å². The molecule has 0 radical (unpaired) electrons. The highest BCUT2D eigenvalue weighted by Crippen LogP contribution is 2.22. The van der Waals surface area contributed by atoms with Gasteiger partial charge in [0.25, 0.3) is 0 Å². The van der Waals surface area contributed by atoms with Crippen LogP contribution >= 0.6 is 0 Å². The predicted molar refractivity (Wildman–Crippen MR) is 310 cm³/mol. The van der Waals surface area contributed by atoms with Crippen molar-refractivity contribution in [1.29, 1.82) is 0 Å². The second-order valence-electron chi connectivity index (χ2n) is 22.6. The molecule has 0 heterocycles. The average molecular weight is 1060 g/mol. The summed E-state index contributed by atoms with van der Waals surface area (Å²) in [5, 5.41) is 30.5. The van der Waals surface area contributed by atoms with Crippen molar-refractivity contribution >= 4 is 35.6 Å². The third-order valence-electron chi connectivity index (χ3n) is 13.7. The topological polar surface area (TPSA) is 222 Å². The van der Waals surface area contributed by atoms with Gasteiger partial charge in [0.2, 0.25) is 23.6 Å². The molecular formula is C64H94N4O9. The maximum atomic E-state index is 12.8. The van der Waals surface area contributed by atoms with E-state index in [2.05, 4.69) is 101 Å². The van der Waals surface area contributed by atoms with Crippen molar-refractivity contribution in [2.24, 2.45) is 23.7 Å². The van der Waals surface area contributed by atoms with Gasteiger partial charge in [-0.3, -0.25) is 19.2 Å². The Morgan fingerprint density at radius 1 is 0.351 bits per heavy atom. The average Bonchev–Trinajstić information content (AvgIpc) is 3.36. The van der Waals surface area contributed by atoms with Crippen LogP contribution in [0.2, 0.25) is 0 Å². The molecule has 0 aliphatic carbocycles. The molecule has 77 heavy (non-hydrogen) atoms. The van der Waals surface area contributed by atoms with Gasteiger partial charge in [0.05, 0.1) is 23.7 Å². The summed E-state index contributed by atoms with van der Waals surface area (Å²) in [6.45, 7) is 25.7. The molecule has 13 heteroatoms. The lowest BCUT2D eigenvalue weighted by molar-refractivity contribution is -0.142. The summed E-state index contributed by atoms with van der Waals surface area (Å²) in [6, 6.07) is 30.4. The quantitative estimate of drug-likeness (QED) is 0.0275. The summed E-state index contributed by atoms with van der Waals surface area (Å²) in [5.74, 6) is -1.87. The monoisotopic (exact) mass is 1060 g/mol. The normalized spacial score (nSPS) is 13.5. The smallest absolute Gasteiger partial charge is 0.326 e. The number of hydrogen-bond acceptors (Lipinski definition) is 6. The lowest BCUT2D eigenvalue weighted by atomic mass is 9.96. The summed E-state index contributed by atoms with van der Waals surface area (Å²) < 4.78 is 0. The summed E-state index contributed by atoms with van der Waals surface area (Å²) in [4.78, 5) is 74.2. The lowest BCUT2D eigenvalue weighted by Gasteiger charge is -2.19. The molecule has 4 aromatic rings. The molecule has 0 aliphatic rings. The number of carbonyl (C=O) groups is 6. The van der Waals surface area contributed by atoms with Gasteiger partial charge in [-0.05, 0) is 160 Å². The van der Waals surface area contributed by atoms with Crippen LogP contribution in [0.25, 0.3) is 0 Å². The molecule has 424 valence electrons. The Balaban J connectivity index is 0.000000520. The van der Waals surface area contributed by atoms with Crippen LogP contribution in [0.1, 0.15) is 190 Å². The molecule has 0 saturated heterocycles. The summed E-state index contributed by atoms with van der Waals surface area (Å²) >= 11 is 0. The van der Waals surface area contributed by atoms with Gasteiger partial charge in [0.1, 0.15) is 12.1 Å². The zero-order valence-electron chi connectivity index (χ0n) is 48.3. The molecule has 4 unspecified atom stereocenters. The first-order valence-corrected chi connectivity index (χ1v) is 27.9. The molecular weight excluding hydrogens is 969 g/mol. The number of carbonyl (C=O) groups excluding carboxylic acids is 4. The number of nitrogens with one attached hydrogen (secondary N) is 4. The van der Waals surface area contributed by atoms with Crippen LogP contribution in [0.4, 0.5) is 0 Å². The Bertz CT molecular complexity index is 2230. The van der Waals surface area contributed by atoms with Gasteiger partial charge in [-0.25, -0.2) is 9.59 Å². The van der Waals surface area contributed by atoms with Gasteiger partial charge >= 0.3 is 11.9 Å². The van der Waals surface area contributed by atoms with Crippen LogP contribution < -0.4 is 21.3 Å². The number of carboxylic acids is 2. The zero-order chi connectivity index (χ0) is 56.5. The second kappa shape index (κ2) is 34.4. The van der Waals surface area contributed by atoms with Crippen molar-refractivity contribution in [2.45, 2.75) is 183 Å². The summed E-state index contributed by atoms with van der Waals surface area (Å²) in [6.07, 6.45) is 7.04. The standard InChI is InChI=1S/2C32H46N2O4.H2O/c2*1-21(2)19-25-10-14-27(15-11-25)23(5)30(35)33-18-8-7-9-29(32(37)38)34-31(36)24(6)28-16-12-26(13-17-28)20-22(3)4;/h2*10-17,21-24,29H,7-9,18-20H2,1-6H3,(H,33,35)(H,34,36)(H,37,38);1H2/t2*23?,24?,29-;/m00./s1. The van der Waals surface area contributed by atoms with Gasteiger partial charge in [-0.15, -0.1) is 0 Å². The van der Waals surface area contributed by atoms with Crippen LogP contribution in [0.15, 0.2) is 97.1 Å². The maximum Gasteiger partial charge on any atom is 0.326 e. The molecule has 0 bridgehead atoms. The Hall–Kier alpha value is -6.34. The van der Waals surface area contributed by atoms with E-state index in [1.54, 1.807) is 13.8 Å². The lowest BCUT2D eigenvalue weighted by Crippen LogP contribution is -2.42. The van der Waals surface area contributed by atoms with E-state index in [0.29, 0.717) is 75.3 Å². The van der Waals surface area contributed by atoms with Crippen molar-refractivity contribution in [2.75, 3.05) is 13.1 Å². The molecule has 8 N–H and O–H groups in total. The predicted octanol–water partition coefficient (Wildman–Crippen LogP) is 10.9. The van der Waals surface area contributed by atoms with E-state index in [4.69, 9.17) is 0 Å². The number of aliphatic carboxylic acids is 2. The fourth-order valence-corrected chi connectivity index (χ4v) is 9.05. The highest BCUT2D eigenvalue weighted by molar-refractivity contribution is 5.89. The minimum absolute atomic E-state index is 0. The molecule has 13 nitrogen and oxygen atoms in total. The number of rotatable bonds is 30. The van der Waals surface area contributed by atoms with Gasteiger partial charge < -0.3 is 37.0 Å². The highest BCUT2D eigenvalue weighted by Gasteiger charge is 2.26. The number of amides is 4. The molecule has 4 rings (SSSR count). The largest absolute Gasteiger partial charge is 0.480 e.